The zero-order valence-corrected chi connectivity index (χ0v) is 18.0. The number of aryl methyl sites for hydroxylation is 2. The van der Waals surface area contributed by atoms with Crippen LogP contribution < -0.4 is 5.32 Å². The van der Waals surface area contributed by atoms with E-state index in [0.717, 1.165) is 28.9 Å². The molecule has 2 aromatic carbocycles. The summed E-state index contributed by atoms with van der Waals surface area (Å²) in [7, 11) is -3.93. The second-order valence-corrected chi connectivity index (χ2v) is 9.39. The van der Waals surface area contributed by atoms with Crippen LogP contribution in [0.5, 0.6) is 0 Å². The second-order valence-electron chi connectivity index (χ2n) is 7.45. The van der Waals surface area contributed by atoms with Crippen molar-refractivity contribution in [2.75, 3.05) is 31.5 Å². The third-order valence-corrected chi connectivity index (χ3v) is 7.35. The van der Waals surface area contributed by atoms with E-state index < -0.39 is 27.7 Å². The lowest BCUT2D eigenvalue weighted by Gasteiger charge is -2.36. The SMILES string of the molecule is Cc1cccc(C)c1NC(=O)C(C)N1CCN(S(=O)(=O)c2ccc(F)c(F)c2)CC1. The molecule has 1 saturated heterocycles. The summed E-state index contributed by atoms with van der Waals surface area (Å²) < 4.78 is 53.2. The summed E-state index contributed by atoms with van der Waals surface area (Å²) in [5.41, 5.74) is 2.73. The van der Waals surface area contributed by atoms with Crippen LogP contribution in [0.1, 0.15) is 18.1 Å². The molecule has 1 amide bonds. The van der Waals surface area contributed by atoms with Crippen LogP contribution in [0, 0.1) is 25.5 Å². The van der Waals surface area contributed by atoms with Crippen LogP contribution in [-0.4, -0.2) is 55.8 Å². The van der Waals surface area contributed by atoms with Crippen molar-refractivity contribution in [1.29, 1.82) is 0 Å². The number of nitrogens with one attached hydrogen (secondary N) is 1. The van der Waals surface area contributed by atoms with Gasteiger partial charge in [0.2, 0.25) is 15.9 Å². The van der Waals surface area contributed by atoms with Gasteiger partial charge in [-0.3, -0.25) is 9.69 Å². The van der Waals surface area contributed by atoms with Gasteiger partial charge in [-0.15, -0.1) is 0 Å². The zero-order valence-electron chi connectivity index (χ0n) is 17.2. The summed E-state index contributed by atoms with van der Waals surface area (Å²) in [5, 5.41) is 2.96. The number of piperazine rings is 1. The Bertz CT molecular complexity index is 1030. The van der Waals surface area contributed by atoms with E-state index in [1.54, 1.807) is 6.92 Å². The van der Waals surface area contributed by atoms with Crippen LogP contribution in [0.2, 0.25) is 0 Å². The molecule has 1 fully saturated rings. The van der Waals surface area contributed by atoms with Crippen LogP contribution >= 0.6 is 0 Å². The average molecular weight is 438 g/mol. The summed E-state index contributed by atoms with van der Waals surface area (Å²) in [5.74, 6) is -2.46. The number of anilines is 1. The summed E-state index contributed by atoms with van der Waals surface area (Å²) in [4.78, 5) is 14.3. The van der Waals surface area contributed by atoms with E-state index in [-0.39, 0.29) is 23.9 Å². The van der Waals surface area contributed by atoms with Crippen molar-refractivity contribution >= 4 is 21.6 Å². The van der Waals surface area contributed by atoms with Gasteiger partial charge in [-0.25, -0.2) is 17.2 Å². The van der Waals surface area contributed by atoms with Crippen LogP contribution in [-0.2, 0) is 14.8 Å². The normalized spacial score (nSPS) is 17.0. The molecule has 2 aromatic rings. The third kappa shape index (κ3) is 4.53. The van der Waals surface area contributed by atoms with E-state index in [1.165, 1.54) is 4.31 Å². The van der Waals surface area contributed by atoms with Crippen LogP contribution in [0.3, 0.4) is 0 Å². The molecular formula is C21H25F2N3O3S. The highest BCUT2D eigenvalue weighted by Gasteiger charge is 2.32. The number of carbonyl (C=O) groups is 1. The van der Waals surface area contributed by atoms with Crippen LogP contribution in [0.25, 0.3) is 0 Å². The number of sulfonamides is 1. The first-order chi connectivity index (χ1) is 14.1. The Labute approximate surface area is 175 Å². The van der Waals surface area contributed by atoms with Crippen molar-refractivity contribution < 1.29 is 22.0 Å². The molecule has 0 radical (unpaired) electrons. The maximum atomic E-state index is 13.5. The number of halogens is 2. The van der Waals surface area contributed by atoms with E-state index in [4.69, 9.17) is 0 Å². The fraction of sp³-hybridized carbons (Fsp3) is 0.381. The van der Waals surface area contributed by atoms with Crippen molar-refractivity contribution in [3.8, 4) is 0 Å². The summed E-state index contributed by atoms with van der Waals surface area (Å²) in [6.07, 6.45) is 0. The first kappa shape index (κ1) is 22.3. The van der Waals surface area contributed by atoms with Crippen LogP contribution in [0.4, 0.5) is 14.5 Å². The fourth-order valence-corrected chi connectivity index (χ4v) is 4.96. The molecule has 1 N–H and O–H groups in total. The monoisotopic (exact) mass is 437 g/mol. The maximum absolute atomic E-state index is 13.5. The molecule has 0 spiro atoms. The zero-order chi connectivity index (χ0) is 22.1. The number of hydrogen-bond donors (Lipinski definition) is 1. The van der Waals surface area contributed by atoms with E-state index in [9.17, 15) is 22.0 Å². The predicted molar refractivity (Wildman–Crippen MR) is 111 cm³/mol. The number of hydrogen-bond acceptors (Lipinski definition) is 4. The van der Waals surface area contributed by atoms with Gasteiger partial charge >= 0.3 is 0 Å². The van der Waals surface area contributed by atoms with Gasteiger partial charge in [-0.2, -0.15) is 4.31 Å². The van der Waals surface area contributed by atoms with E-state index in [0.29, 0.717) is 19.2 Å². The highest BCUT2D eigenvalue weighted by molar-refractivity contribution is 7.89. The Morgan fingerprint density at radius 3 is 2.17 bits per heavy atom. The summed E-state index contributed by atoms with van der Waals surface area (Å²) in [6.45, 7) is 6.64. The minimum atomic E-state index is -3.93. The van der Waals surface area contributed by atoms with Crippen LogP contribution in [0.15, 0.2) is 41.3 Å². The Hall–Kier alpha value is -2.36. The Kier molecular flexibility index (Phi) is 6.54. The molecule has 1 atom stereocenters. The lowest BCUT2D eigenvalue weighted by molar-refractivity contribution is -0.121. The minimum Gasteiger partial charge on any atom is -0.324 e. The summed E-state index contributed by atoms with van der Waals surface area (Å²) >= 11 is 0. The van der Waals surface area contributed by atoms with Gasteiger partial charge in [0.15, 0.2) is 11.6 Å². The molecule has 3 rings (SSSR count). The van der Waals surface area contributed by atoms with Gasteiger partial charge in [0, 0.05) is 31.9 Å². The lowest BCUT2D eigenvalue weighted by atomic mass is 10.1. The first-order valence-corrected chi connectivity index (χ1v) is 11.1. The molecule has 162 valence electrons. The smallest absolute Gasteiger partial charge is 0.243 e. The number of nitrogens with zero attached hydrogens (tertiary/aromatic N) is 2. The molecule has 9 heteroatoms. The largest absolute Gasteiger partial charge is 0.324 e. The van der Waals surface area contributed by atoms with Gasteiger partial charge in [0.25, 0.3) is 0 Å². The standard InChI is InChI=1S/C21H25F2N3O3S/c1-14-5-4-6-15(2)20(14)24-21(27)16(3)25-9-11-26(12-10-25)30(28,29)17-7-8-18(22)19(23)13-17/h4-8,13,16H,9-12H2,1-3H3,(H,24,27). The predicted octanol–water partition coefficient (Wildman–Crippen LogP) is 2.92. The van der Waals surface area contributed by atoms with E-state index in [2.05, 4.69) is 5.32 Å². The number of benzene rings is 2. The molecular weight excluding hydrogens is 412 g/mol. The van der Waals surface area contributed by atoms with Gasteiger partial charge in [-0.05, 0) is 50.1 Å². The molecule has 1 aliphatic rings. The number of para-hydroxylation sites is 1. The van der Waals surface area contributed by atoms with E-state index in [1.807, 2.05) is 36.9 Å². The molecule has 6 nitrogen and oxygen atoms in total. The van der Waals surface area contributed by atoms with Crippen molar-refractivity contribution in [1.82, 2.24) is 9.21 Å². The molecule has 1 aliphatic heterocycles. The van der Waals surface area contributed by atoms with Gasteiger partial charge < -0.3 is 5.32 Å². The highest BCUT2D eigenvalue weighted by Crippen LogP contribution is 2.22. The number of amides is 1. The second kappa shape index (κ2) is 8.79. The number of rotatable bonds is 5. The topological polar surface area (TPSA) is 69.7 Å². The highest BCUT2D eigenvalue weighted by atomic mass is 32.2. The lowest BCUT2D eigenvalue weighted by Crippen LogP contribution is -2.54. The van der Waals surface area contributed by atoms with Crippen molar-refractivity contribution in [3.05, 3.63) is 59.2 Å². The Morgan fingerprint density at radius 2 is 1.60 bits per heavy atom. The Morgan fingerprint density at radius 1 is 1.00 bits per heavy atom. The Balaban J connectivity index is 1.64. The van der Waals surface area contributed by atoms with Crippen molar-refractivity contribution in [2.45, 2.75) is 31.7 Å². The maximum Gasteiger partial charge on any atom is 0.243 e. The van der Waals surface area contributed by atoms with Gasteiger partial charge in [0.1, 0.15) is 0 Å². The molecule has 1 heterocycles. The average Bonchev–Trinajstić information content (AvgIpc) is 2.72. The first-order valence-electron chi connectivity index (χ1n) is 9.67. The fourth-order valence-electron chi connectivity index (χ4n) is 3.52. The van der Waals surface area contributed by atoms with Crippen molar-refractivity contribution in [3.63, 3.8) is 0 Å². The molecule has 0 aromatic heterocycles. The molecule has 0 bridgehead atoms. The number of carbonyl (C=O) groups excluding carboxylic acids is 1. The van der Waals surface area contributed by atoms with Gasteiger partial charge in [0.05, 0.1) is 10.9 Å². The molecule has 30 heavy (non-hydrogen) atoms. The molecule has 0 aliphatic carbocycles. The van der Waals surface area contributed by atoms with E-state index >= 15 is 0 Å². The quantitative estimate of drug-likeness (QED) is 0.781. The molecule has 1 unspecified atom stereocenters. The van der Waals surface area contributed by atoms with Gasteiger partial charge in [-0.1, -0.05) is 18.2 Å². The summed E-state index contributed by atoms with van der Waals surface area (Å²) in [6, 6.07) is 7.88. The van der Waals surface area contributed by atoms with Crippen molar-refractivity contribution in [2.24, 2.45) is 0 Å². The third-order valence-electron chi connectivity index (χ3n) is 5.46. The molecule has 0 saturated carbocycles. The minimum absolute atomic E-state index is 0.155.